The average Bonchev–Trinajstić information content (AvgIpc) is 2.84. The Morgan fingerprint density at radius 1 is 1.16 bits per heavy atom. The monoisotopic (exact) mass is 268 g/mol. The molecule has 1 saturated heterocycles. The van der Waals surface area contributed by atoms with Gasteiger partial charge in [-0.05, 0) is 45.2 Å². The Hall–Kier alpha value is -0.120. The van der Waals surface area contributed by atoms with Crippen molar-refractivity contribution in [3.05, 3.63) is 0 Å². The highest BCUT2D eigenvalue weighted by Gasteiger charge is 2.29. The van der Waals surface area contributed by atoms with Gasteiger partial charge in [-0.3, -0.25) is 0 Å². The first-order chi connectivity index (χ1) is 9.19. The van der Waals surface area contributed by atoms with Crippen LogP contribution in [0.1, 0.15) is 52.4 Å². The van der Waals surface area contributed by atoms with Gasteiger partial charge in [-0.15, -0.1) is 0 Å². The van der Waals surface area contributed by atoms with Gasteiger partial charge in [0.15, 0.2) is 0 Å². The van der Waals surface area contributed by atoms with Crippen LogP contribution in [-0.2, 0) is 4.74 Å². The molecule has 19 heavy (non-hydrogen) atoms. The highest BCUT2D eigenvalue weighted by molar-refractivity contribution is 4.82. The number of nitrogens with one attached hydrogen (secondary N) is 1. The zero-order chi connectivity index (χ0) is 13.7. The van der Waals surface area contributed by atoms with Crippen LogP contribution in [0.5, 0.6) is 0 Å². The van der Waals surface area contributed by atoms with Crippen molar-refractivity contribution in [1.82, 2.24) is 10.2 Å². The van der Waals surface area contributed by atoms with Crippen LogP contribution in [0.4, 0.5) is 0 Å². The van der Waals surface area contributed by atoms with E-state index in [4.69, 9.17) is 4.74 Å². The summed E-state index contributed by atoms with van der Waals surface area (Å²) in [6.07, 6.45) is 8.97. The zero-order valence-corrected chi connectivity index (χ0v) is 13.0. The van der Waals surface area contributed by atoms with E-state index < -0.39 is 0 Å². The van der Waals surface area contributed by atoms with Crippen molar-refractivity contribution in [3.63, 3.8) is 0 Å². The summed E-state index contributed by atoms with van der Waals surface area (Å²) < 4.78 is 6.15. The molecule has 2 rings (SSSR count). The summed E-state index contributed by atoms with van der Waals surface area (Å²) in [5.74, 6) is 0.909. The van der Waals surface area contributed by atoms with Crippen LogP contribution in [0.3, 0.4) is 0 Å². The van der Waals surface area contributed by atoms with Gasteiger partial charge in [-0.2, -0.15) is 0 Å². The quantitative estimate of drug-likeness (QED) is 0.801. The third-order valence-electron chi connectivity index (χ3n) is 4.84. The molecule has 0 aromatic carbocycles. The number of hydrogen-bond acceptors (Lipinski definition) is 3. The Bertz CT molecular complexity index is 259. The predicted octanol–water partition coefficient (Wildman–Crippen LogP) is 2.65. The minimum Gasteiger partial charge on any atom is -0.372 e. The molecule has 4 unspecified atom stereocenters. The van der Waals surface area contributed by atoms with Gasteiger partial charge in [0, 0.05) is 19.1 Å². The van der Waals surface area contributed by atoms with Gasteiger partial charge in [0.2, 0.25) is 0 Å². The molecule has 0 radical (unpaired) electrons. The number of ether oxygens (including phenoxy) is 1. The maximum Gasteiger partial charge on any atom is 0.0707 e. The molecule has 0 bridgehead atoms. The molecule has 3 heteroatoms. The summed E-state index contributed by atoms with van der Waals surface area (Å²) in [6.45, 7) is 7.75. The Balaban J connectivity index is 1.69. The topological polar surface area (TPSA) is 24.5 Å². The van der Waals surface area contributed by atoms with Crippen molar-refractivity contribution in [2.75, 3.05) is 26.7 Å². The highest BCUT2D eigenvalue weighted by atomic mass is 16.5. The van der Waals surface area contributed by atoms with Crippen molar-refractivity contribution in [1.29, 1.82) is 0 Å². The normalized spacial score (nSPS) is 36.0. The smallest absolute Gasteiger partial charge is 0.0707 e. The maximum atomic E-state index is 6.15. The minimum absolute atomic E-state index is 0.448. The molecule has 0 aromatic heterocycles. The number of hydrogen-bond donors (Lipinski definition) is 1. The molecule has 3 nitrogen and oxygen atoms in total. The molecule has 1 N–H and O–H groups in total. The summed E-state index contributed by atoms with van der Waals surface area (Å²) in [5, 5.41) is 3.39. The molecular formula is C16H32N2O. The summed E-state index contributed by atoms with van der Waals surface area (Å²) in [4.78, 5) is 2.57. The van der Waals surface area contributed by atoms with Crippen molar-refractivity contribution in [3.8, 4) is 0 Å². The van der Waals surface area contributed by atoms with Crippen LogP contribution in [0.25, 0.3) is 0 Å². The van der Waals surface area contributed by atoms with Crippen molar-refractivity contribution in [2.45, 2.75) is 70.6 Å². The van der Waals surface area contributed by atoms with Gasteiger partial charge in [-0.1, -0.05) is 26.7 Å². The molecular weight excluding hydrogens is 236 g/mol. The molecule has 112 valence electrons. The van der Waals surface area contributed by atoms with Crippen LogP contribution < -0.4 is 5.32 Å². The lowest BCUT2D eigenvalue weighted by molar-refractivity contribution is 0.0152. The van der Waals surface area contributed by atoms with E-state index in [0.29, 0.717) is 12.2 Å². The molecule has 1 aliphatic carbocycles. The van der Waals surface area contributed by atoms with Gasteiger partial charge >= 0.3 is 0 Å². The van der Waals surface area contributed by atoms with E-state index in [1.54, 1.807) is 0 Å². The SMILES string of the molecule is CCNCC1CCC(CN(C)C2CCCC(C)C2)O1. The maximum absolute atomic E-state index is 6.15. The van der Waals surface area contributed by atoms with Crippen LogP contribution in [0.2, 0.25) is 0 Å². The van der Waals surface area contributed by atoms with E-state index in [0.717, 1.165) is 31.6 Å². The molecule has 2 fully saturated rings. The van der Waals surface area contributed by atoms with Crippen molar-refractivity contribution in [2.24, 2.45) is 5.92 Å². The molecule has 4 atom stereocenters. The molecule has 1 heterocycles. The lowest BCUT2D eigenvalue weighted by Gasteiger charge is -2.35. The third-order valence-corrected chi connectivity index (χ3v) is 4.84. The Morgan fingerprint density at radius 2 is 1.95 bits per heavy atom. The van der Waals surface area contributed by atoms with E-state index in [-0.39, 0.29) is 0 Å². The summed E-state index contributed by atoms with van der Waals surface area (Å²) in [6, 6.07) is 0.792. The molecule has 1 saturated carbocycles. The molecule has 1 aliphatic heterocycles. The standard InChI is InChI=1S/C16H32N2O/c1-4-17-11-15-8-9-16(19-15)12-18(3)14-7-5-6-13(2)10-14/h13-17H,4-12H2,1-3H3. The summed E-state index contributed by atoms with van der Waals surface area (Å²) in [5.41, 5.74) is 0. The Morgan fingerprint density at radius 3 is 2.68 bits per heavy atom. The first-order valence-electron chi connectivity index (χ1n) is 8.25. The van der Waals surface area contributed by atoms with Crippen LogP contribution >= 0.6 is 0 Å². The number of rotatable bonds is 6. The number of likely N-dealkylation sites (N-methyl/N-ethyl adjacent to an activating group) is 2. The summed E-state index contributed by atoms with van der Waals surface area (Å²) in [7, 11) is 2.30. The molecule has 0 aromatic rings. The van der Waals surface area contributed by atoms with Crippen molar-refractivity contribution < 1.29 is 4.74 Å². The second-order valence-corrected chi connectivity index (χ2v) is 6.63. The van der Waals surface area contributed by atoms with Gasteiger partial charge < -0.3 is 15.0 Å². The third kappa shape index (κ3) is 4.73. The number of nitrogens with zero attached hydrogens (tertiary/aromatic N) is 1. The van der Waals surface area contributed by atoms with Crippen LogP contribution in [0, 0.1) is 5.92 Å². The first kappa shape index (κ1) is 15.3. The van der Waals surface area contributed by atoms with Gasteiger partial charge in [-0.25, -0.2) is 0 Å². The summed E-state index contributed by atoms with van der Waals surface area (Å²) >= 11 is 0. The largest absolute Gasteiger partial charge is 0.372 e. The van der Waals surface area contributed by atoms with Gasteiger partial charge in [0.1, 0.15) is 0 Å². The average molecular weight is 268 g/mol. The van der Waals surface area contributed by atoms with E-state index >= 15 is 0 Å². The fourth-order valence-electron chi connectivity index (χ4n) is 3.64. The second-order valence-electron chi connectivity index (χ2n) is 6.63. The van der Waals surface area contributed by atoms with Crippen molar-refractivity contribution >= 4 is 0 Å². The fourth-order valence-corrected chi connectivity index (χ4v) is 3.64. The first-order valence-corrected chi connectivity index (χ1v) is 8.25. The van der Waals surface area contributed by atoms with Gasteiger partial charge in [0.05, 0.1) is 12.2 Å². The van der Waals surface area contributed by atoms with E-state index in [9.17, 15) is 0 Å². The van der Waals surface area contributed by atoms with Crippen LogP contribution in [-0.4, -0.2) is 49.8 Å². The fraction of sp³-hybridized carbons (Fsp3) is 1.00. The molecule has 2 aliphatic rings. The van der Waals surface area contributed by atoms with Crippen LogP contribution in [0.15, 0.2) is 0 Å². The molecule has 0 amide bonds. The lowest BCUT2D eigenvalue weighted by Crippen LogP contribution is -2.40. The molecule has 0 spiro atoms. The van der Waals surface area contributed by atoms with E-state index in [1.807, 2.05) is 0 Å². The minimum atomic E-state index is 0.448. The second kappa shape index (κ2) is 7.61. The van der Waals surface area contributed by atoms with E-state index in [2.05, 4.69) is 31.1 Å². The Kier molecular flexibility index (Phi) is 6.11. The highest BCUT2D eigenvalue weighted by Crippen LogP contribution is 2.28. The van der Waals surface area contributed by atoms with E-state index in [1.165, 1.54) is 38.5 Å². The Labute approximate surface area is 119 Å². The van der Waals surface area contributed by atoms with Gasteiger partial charge in [0.25, 0.3) is 0 Å². The lowest BCUT2D eigenvalue weighted by atomic mass is 9.86. The zero-order valence-electron chi connectivity index (χ0n) is 13.0. The predicted molar refractivity (Wildman–Crippen MR) is 80.5 cm³/mol.